The van der Waals surface area contributed by atoms with Crippen LogP contribution in [0.3, 0.4) is 0 Å². The standard InChI is InChI=1S/C15H26N2OS/c1-6-7-8-9-10(2)16-12-13(18)17-11(3)15(4,5)19-14(12)17/h10,12,14,16H,3,6-9H2,1-2,4-5H3/t10?,12-,14-/m1/s1. The van der Waals surface area contributed by atoms with Crippen molar-refractivity contribution in [3.63, 3.8) is 0 Å². The molecule has 2 aliphatic rings. The van der Waals surface area contributed by atoms with Crippen LogP contribution in [-0.2, 0) is 4.79 Å². The minimum Gasteiger partial charge on any atom is -0.301 e. The molecule has 0 radical (unpaired) electrons. The lowest BCUT2D eigenvalue weighted by Crippen LogP contribution is -2.67. The van der Waals surface area contributed by atoms with Crippen molar-refractivity contribution in [3.05, 3.63) is 12.3 Å². The summed E-state index contributed by atoms with van der Waals surface area (Å²) in [5.74, 6) is 0.204. The number of β-lactam (4-membered cyclic amide) rings is 1. The number of hydrogen-bond acceptors (Lipinski definition) is 3. The summed E-state index contributed by atoms with van der Waals surface area (Å²) in [6, 6.07) is 0.403. The quantitative estimate of drug-likeness (QED) is 0.600. The molecule has 0 aromatic rings. The van der Waals surface area contributed by atoms with Gasteiger partial charge in [-0.3, -0.25) is 9.69 Å². The molecule has 1 unspecified atom stereocenters. The number of rotatable bonds is 6. The van der Waals surface area contributed by atoms with Crippen LogP contribution in [0.15, 0.2) is 12.3 Å². The van der Waals surface area contributed by atoms with Gasteiger partial charge in [0, 0.05) is 11.7 Å². The van der Waals surface area contributed by atoms with E-state index in [-0.39, 0.29) is 22.1 Å². The Kier molecular flexibility index (Phi) is 4.31. The van der Waals surface area contributed by atoms with Crippen LogP contribution in [0.25, 0.3) is 0 Å². The normalized spacial score (nSPS) is 30.2. The molecule has 0 aromatic heterocycles. The van der Waals surface area contributed by atoms with Gasteiger partial charge in [-0.1, -0.05) is 32.8 Å². The largest absolute Gasteiger partial charge is 0.301 e. The summed E-state index contributed by atoms with van der Waals surface area (Å²) in [4.78, 5) is 14.1. The van der Waals surface area contributed by atoms with Crippen LogP contribution < -0.4 is 5.32 Å². The second-order valence-corrected chi connectivity index (χ2v) is 7.95. The van der Waals surface area contributed by atoms with Crippen LogP contribution in [-0.4, -0.2) is 33.0 Å². The molecule has 19 heavy (non-hydrogen) atoms. The monoisotopic (exact) mass is 282 g/mol. The maximum absolute atomic E-state index is 12.2. The molecule has 2 aliphatic heterocycles. The number of nitrogens with one attached hydrogen (secondary N) is 1. The zero-order chi connectivity index (χ0) is 14.2. The average molecular weight is 282 g/mol. The lowest BCUT2D eigenvalue weighted by atomic mass is 10.0. The molecule has 0 aliphatic carbocycles. The van der Waals surface area contributed by atoms with Gasteiger partial charge < -0.3 is 5.32 Å². The highest BCUT2D eigenvalue weighted by Crippen LogP contribution is 2.52. The summed E-state index contributed by atoms with van der Waals surface area (Å²) in [5.41, 5.74) is 0.962. The molecule has 3 nitrogen and oxygen atoms in total. The maximum Gasteiger partial charge on any atom is 0.247 e. The minimum absolute atomic E-state index is 0.0117. The highest BCUT2D eigenvalue weighted by molar-refractivity contribution is 8.01. The van der Waals surface area contributed by atoms with Crippen LogP contribution in [0.5, 0.6) is 0 Å². The third-order valence-electron chi connectivity index (χ3n) is 4.15. The van der Waals surface area contributed by atoms with Gasteiger partial charge in [0.1, 0.15) is 11.4 Å². The first kappa shape index (κ1) is 14.9. The van der Waals surface area contributed by atoms with Gasteiger partial charge in [-0.2, -0.15) is 0 Å². The highest BCUT2D eigenvalue weighted by atomic mass is 32.2. The van der Waals surface area contributed by atoms with Crippen molar-refractivity contribution in [2.75, 3.05) is 0 Å². The predicted octanol–water partition coefficient (Wildman–Crippen LogP) is 3.12. The van der Waals surface area contributed by atoms with Gasteiger partial charge >= 0.3 is 0 Å². The number of thioether (sulfide) groups is 1. The van der Waals surface area contributed by atoms with Crippen molar-refractivity contribution in [2.24, 2.45) is 0 Å². The third-order valence-corrected chi connectivity index (χ3v) is 5.70. The van der Waals surface area contributed by atoms with E-state index in [4.69, 9.17) is 0 Å². The Bertz CT molecular complexity index is 380. The van der Waals surface area contributed by atoms with Crippen molar-refractivity contribution in [1.29, 1.82) is 0 Å². The molecule has 2 heterocycles. The van der Waals surface area contributed by atoms with Gasteiger partial charge in [0.15, 0.2) is 0 Å². The Morgan fingerprint density at radius 2 is 2.16 bits per heavy atom. The summed E-state index contributed by atoms with van der Waals surface area (Å²) in [6.45, 7) is 12.8. The smallest absolute Gasteiger partial charge is 0.247 e. The molecular weight excluding hydrogens is 256 g/mol. The first-order chi connectivity index (χ1) is 8.88. The van der Waals surface area contributed by atoms with Gasteiger partial charge in [0.2, 0.25) is 5.91 Å². The van der Waals surface area contributed by atoms with E-state index in [0.29, 0.717) is 6.04 Å². The molecule has 2 saturated heterocycles. The topological polar surface area (TPSA) is 32.3 Å². The van der Waals surface area contributed by atoms with E-state index in [1.54, 1.807) is 0 Å². The summed E-state index contributed by atoms with van der Waals surface area (Å²) < 4.78 is -0.0117. The van der Waals surface area contributed by atoms with E-state index in [1.807, 2.05) is 16.7 Å². The van der Waals surface area contributed by atoms with Gasteiger partial charge in [0.05, 0.1) is 4.75 Å². The number of nitrogens with zero attached hydrogens (tertiary/aromatic N) is 1. The Morgan fingerprint density at radius 3 is 2.79 bits per heavy atom. The molecule has 2 rings (SSSR count). The fourth-order valence-electron chi connectivity index (χ4n) is 2.78. The molecule has 0 bridgehead atoms. The van der Waals surface area contributed by atoms with Crippen LogP contribution in [0, 0.1) is 0 Å². The Hall–Kier alpha value is -0.480. The van der Waals surface area contributed by atoms with Gasteiger partial charge in [-0.15, -0.1) is 11.8 Å². The van der Waals surface area contributed by atoms with Crippen molar-refractivity contribution in [2.45, 2.75) is 75.6 Å². The average Bonchev–Trinajstić information content (AvgIpc) is 2.55. The molecule has 4 heteroatoms. The van der Waals surface area contributed by atoms with Crippen molar-refractivity contribution < 1.29 is 4.79 Å². The van der Waals surface area contributed by atoms with Crippen molar-refractivity contribution in [1.82, 2.24) is 10.2 Å². The minimum atomic E-state index is -0.0137. The summed E-state index contributed by atoms with van der Waals surface area (Å²) in [5, 5.41) is 3.75. The third kappa shape index (κ3) is 2.70. The summed E-state index contributed by atoms with van der Waals surface area (Å²) in [7, 11) is 0. The van der Waals surface area contributed by atoms with Gasteiger partial charge in [0.25, 0.3) is 0 Å². The van der Waals surface area contributed by atoms with E-state index in [0.717, 1.165) is 12.1 Å². The molecule has 2 fully saturated rings. The van der Waals surface area contributed by atoms with Gasteiger partial charge in [-0.05, 0) is 27.2 Å². The summed E-state index contributed by atoms with van der Waals surface area (Å²) >= 11 is 1.85. The Balaban J connectivity index is 1.87. The molecule has 1 N–H and O–H groups in total. The molecule has 0 spiro atoms. The molecule has 0 aromatic carbocycles. The fraction of sp³-hybridized carbons (Fsp3) is 0.800. The van der Waals surface area contributed by atoms with E-state index >= 15 is 0 Å². The number of hydrogen-bond donors (Lipinski definition) is 1. The van der Waals surface area contributed by atoms with Crippen molar-refractivity contribution in [3.8, 4) is 0 Å². The van der Waals surface area contributed by atoms with E-state index < -0.39 is 0 Å². The first-order valence-corrected chi connectivity index (χ1v) is 8.22. The highest BCUT2D eigenvalue weighted by Gasteiger charge is 2.58. The number of unbranched alkanes of at least 4 members (excludes halogenated alkanes) is 2. The Labute approximate surface area is 121 Å². The second-order valence-electron chi connectivity index (χ2n) is 6.21. The lowest BCUT2D eigenvalue weighted by Gasteiger charge is -2.43. The molecule has 108 valence electrons. The van der Waals surface area contributed by atoms with Crippen LogP contribution in [0.2, 0.25) is 0 Å². The van der Waals surface area contributed by atoms with E-state index in [9.17, 15) is 4.79 Å². The van der Waals surface area contributed by atoms with Crippen molar-refractivity contribution >= 4 is 17.7 Å². The number of carbonyl (C=O) groups is 1. The number of fused-ring (bicyclic) bond motifs is 1. The lowest BCUT2D eigenvalue weighted by molar-refractivity contribution is -0.142. The maximum atomic E-state index is 12.2. The predicted molar refractivity (Wildman–Crippen MR) is 82.0 cm³/mol. The molecule has 0 saturated carbocycles. The number of amides is 1. The zero-order valence-electron chi connectivity index (χ0n) is 12.5. The van der Waals surface area contributed by atoms with Gasteiger partial charge in [-0.25, -0.2) is 0 Å². The second kappa shape index (κ2) is 5.49. The van der Waals surface area contributed by atoms with E-state index in [1.165, 1.54) is 19.3 Å². The first-order valence-electron chi connectivity index (χ1n) is 7.34. The SMILES string of the molecule is C=C1N2C(=O)[C@@H](NC(C)CCCCC)[C@H]2SC1(C)C. The summed E-state index contributed by atoms with van der Waals surface area (Å²) in [6.07, 6.45) is 4.92. The molecular formula is C15H26N2OS. The van der Waals surface area contributed by atoms with E-state index in [2.05, 4.69) is 39.6 Å². The van der Waals surface area contributed by atoms with Crippen LogP contribution in [0.1, 0.15) is 53.4 Å². The molecule has 3 atom stereocenters. The van der Waals surface area contributed by atoms with Crippen LogP contribution >= 0.6 is 11.8 Å². The number of carbonyl (C=O) groups excluding carboxylic acids is 1. The zero-order valence-corrected chi connectivity index (χ0v) is 13.3. The molecule has 1 amide bonds. The van der Waals surface area contributed by atoms with Crippen LogP contribution in [0.4, 0.5) is 0 Å². The Morgan fingerprint density at radius 1 is 1.47 bits per heavy atom. The fourth-order valence-corrected chi connectivity index (χ4v) is 4.28.